The lowest BCUT2D eigenvalue weighted by molar-refractivity contribution is -0.115. The molecule has 2 rings (SSSR count). The van der Waals surface area contributed by atoms with Gasteiger partial charge in [-0.2, -0.15) is 0 Å². The molecular formula is C15H22N2O4. The Kier molecular flexibility index (Phi) is 5.83. The van der Waals surface area contributed by atoms with Gasteiger partial charge in [0.25, 0.3) is 0 Å². The first-order valence-corrected chi connectivity index (χ1v) is 7.07. The second-order valence-electron chi connectivity index (χ2n) is 4.88. The molecule has 116 valence electrons. The highest BCUT2D eigenvalue weighted by molar-refractivity contribution is 5.92. The smallest absolute Gasteiger partial charge is 0.238 e. The minimum Gasteiger partial charge on any atom is -0.493 e. The molecule has 1 amide bonds. The Morgan fingerprint density at radius 1 is 1.33 bits per heavy atom. The number of hydrogen-bond acceptors (Lipinski definition) is 5. The number of carbonyl (C=O) groups excluding carboxylic acids is 1. The van der Waals surface area contributed by atoms with Crippen molar-refractivity contribution in [3.05, 3.63) is 18.2 Å². The molecule has 0 aliphatic carbocycles. The van der Waals surface area contributed by atoms with E-state index in [4.69, 9.17) is 14.2 Å². The van der Waals surface area contributed by atoms with Crippen molar-refractivity contribution in [1.29, 1.82) is 0 Å². The van der Waals surface area contributed by atoms with E-state index >= 15 is 0 Å². The molecule has 6 nitrogen and oxygen atoms in total. The Balaban J connectivity index is 1.78. The van der Waals surface area contributed by atoms with Crippen LogP contribution in [0, 0.1) is 0 Å². The van der Waals surface area contributed by atoms with Gasteiger partial charge in [-0.3, -0.25) is 4.79 Å². The van der Waals surface area contributed by atoms with Crippen molar-refractivity contribution in [3.8, 4) is 11.5 Å². The summed E-state index contributed by atoms with van der Waals surface area (Å²) in [6.45, 7) is 1.79. The van der Waals surface area contributed by atoms with Crippen LogP contribution in [-0.4, -0.2) is 45.9 Å². The number of methoxy groups -OCH3 is 2. The number of rotatable bonds is 7. The molecule has 1 fully saturated rings. The lowest BCUT2D eigenvalue weighted by Gasteiger charge is -2.12. The standard InChI is InChI=1S/C15H22N2O4/c1-19-13-6-5-11(8-14(13)20-2)17-15(18)10-16-9-12-4-3-7-21-12/h5-6,8,12,16H,3-4,7,9-10H2,1-2H3,(H,17,18). The average Bonchev–Trinajstić information content (AvgIpc) is 3.00. The summed E-state index contributed by atoms with van der Waals surface area (Å²) in [6.07, 6.45) is 2.40. The lowest BCUT2D eigenvalue weighted by Crippen LogP contribution is -2.33. The van der Waals surface area contributed by atoms with E-state index in [2.05, 4.69) is 10.6 Å². The SMILES string of the molecule is COc1ccc(NC(=O)CNCC2CCCO2)cc1OC. The maximum absolute atomic E-state index is 11.9. The first-order chi connectivity index (χ1) is 10.2. The van der Waals surface area contributed by atoms with Gasteiger partial charge in [-0.15, -0.1) is 0 Å². The van der Waals surface area contributed by atoms with E-state index in [0.29, 0.717) is 23.7 Å². The van der Waals surface area contributed by atoms with Gasteiger partial charge in [0, 0.05) is 24.9 Å². The highest BCUT2D eigenvalue weighted by Gasteiger charge is 2.15. The van der Waals surface area contributed by atoms with Crippen LogP contribution in [-0.2, 0) is 9.53 Å². The first-order valence-electron chi connectivity index (χ1n) is 7.07. The third-order valence-electron chi connectivity index (χ3n) is 3.35. The van der Waals surface area contributed by atoms with Crippen LogP contribution in [0.15, 0.2) is 18.2 Å². The number of ether oxygens (including phenoxy) is 3. The van der Waals surface area contributed by atoms with Crippen LogP contribution in [0.3, 0.4) is 0 Å². The number of benzene rings is 1. The van der Waals surface area contributed by atoms with Gasteiger partial charge in [0.1, 0.15) is 0 Å². The second-order valence-corrected chi connectivity index (χ2v) is 4.88. The molecule has 0 aromatic heterocycles. The molecule has 6 heteroatoms. The van der Waals surface area contributed by atoms with Gasteiger partial charge in [0.2, 0.25) is 5.91 Å². The van der Waals surface area contributed by atoms with Crippen molar-refractivity contribution >= 4 is 11.6 Å². The van der Waals surface area contributed by atoms with E-state index in [1.165, 1.54) is 0 Å². The number of nitrogens with one attached hydrogen (secondary N) is 2. The lowest BCUT2D eigenvalue weighted by atomic mass is 10.2. The maximum Gasteiger partial charge on any atom is 0.238 e. The van der Waals surface area contributed by atoms with Gasteiger partial charge in [-0.25, -0.2) is 0 Å². The fourth-order valence-electron chi connectivity index (χ4n) is 2.27. The fourth-order valence-corrected chi connectivity index (χ4v) is 2.27. The predicted octanol–water partition coefficient (Wildman–Crippen LogP) is 1.41. The van der Waals surface area contributed by atoms with Crippen LogP contribution >= 0.6 is 0 Å². The van der Waals surface area contributed by atoms with Gasteiger partial charge in [0.05, 0.1) is 26.9 Å². The van der Waals surface area contributed by atoms with Crippen molar-refractivity contribution in [2.75, 3.05) is 39.2 Å². The van der Waals surface area contributed by atoms with Crippen molar-refractivity contribution in [2.24, 2.45) is 0 Å². The van der Waals surface area contributed by atoms with Gasteiger partial charge in [-0.05, 0) is 25.0 Å². The number of carbonyl (C=O) groups is 1. The summed E-state index contributed by atoms with van der Waals surface area (Å²) in [7, 11) is 3.14. The normalized spacial score (nSPS) is 17.5. The molecule has 0 bridgehead atoms. The highest BCUT2D eigenvalue weighted by atomic mass is 16.5. The Bertz CT molecular complexity index is 473. The van der Waals surface area contributed by atoms with Gasteiger partial charge in [0.15, 0.2) is 11.5 Å². The summed E-state index contributed by atoms with van der Waals surface area (Å²) in [5, 5.41) is 5.92. The molecular weight excluding hydrogens is 272 g/mol. The topological polar surface area (TPSA) is 68.8 Å². The summed E-state index contributed by atoms with van der Waals surface area (Å²) >= 11 is 0. The molecule has 21 heavy (non-hydrogen) atoms. The van der Waals surface area contributed by atoms with Gasteiger partial charge < -0.3 is 24.8 Å². The van der Waals surface area contributed by atoms with Gasteiger partial charge >= 0.3 is 0 Å². The molecule has 1 saturated heterocycles. The van der Waals surface area contributed by atoms with Crippen molar-refractivity contribution in [2.45, 2.75) is 18.9 Å². The zero-order chi connectivity index (χ0) is 15.1. The maximum atomic E-state index is 11.9. The van der Waals surface area contributed by atoms with E-state index in [0.717, 1.165) is 19.4 Å². The van der Waals surface area contributed by atoms with Crippen LogP contribution in [0.2, 0.25) is 0 Å². The summed E-state index contributed by atoms with van der Waals surface area (Å²) in [4.78, 5) is 11.9. The molecule has 1 aromatic carbocycles. The van der Waals surface area contributed by atoms with Crippen LogP contribution in [0.25, 0.3) is 0 Å². The largest absolute Gasteiger partial charge is 0.493 e. The number of hydrogen-bond donors (Lipinski definition) is 2. The minimum atomic E-state index is -0.0970. The van der Waals surface area contributed by atoms with Gasteiger partial charge in [-0.1, -0.05) is 0 Å². The third kappa shape index (κ3) is 4.61. The van der Waals surface area contributed by atoms with E-state index in [1.807, 2.05) is 0 Å². The monoisotopic (exact) mass is 294 g/mol. The fraction of sp³-hybridized carbons (Fsp3) is 0.533. The summed E-state index contributed by atoms with van der Waals surface area (Å²) in [6, 6.07) is 5.27. The highest BCUT2D eigenvalue weighted by Crippen LogP contribution is 2.29. The average molecular weight is 294 g/mol. The molecule has 0 saturated carbocycles. The Labute approximate surface area is 124 Å². The summed E-state index contributed by atoms with van der Waals surface area (Å²) in [5.41, 5.74) is 0.677. The minimum absolute atomic E-state index is 0.0970. The van der Waals surface area contributed by atoms with E-state index < -0.39 is 0 Å². The van der Waals surface area contributed by atoms with Crippen LogP contribution in [0.5, 0.6) is 11.5 Å². The van der Waals surface area contributed by atoms with E-state index in [-0.39, 0.29) is 18.6 Å². The molecule has 1 unspecified atom stereocenters. The van der Waals surface area contributed by atoms with Crippen LogP contribution in [0.1, 0.15) is 12.8 Å². The molecule has 1 aliphatic heterocycles. The molecule has 0 radical (unpaired) electrons. The molecule has 1 atom stereocenters. The van der Waals surface area contributed by atoms with E-state index in [9.17, 15) is 4.79 Å². The van der Waals surface area contributed by atoms with Crippen molar-refractivity contribution < 1.29 is 19.0 Å². The first kappa shape index (κ1) is 15.6. The molecule has 1 aliphatic rings. The predicted molar refractivity (Wildman–Crippen MR) is 80.0 cm³/mol. The zero-order valence-corrected chi connectivity index (χ0v) is 12.5. The number of anilines is 1. The molecule has 2 N–H and O–H groups in total. The van der Waals surface area contributed by atoms with Crippen molar-refractivity contribution in [1.82, 2.24) is 5.32 Å². The quantitative estimate of drug-likeness (QED) is 0.796. The van der Waals surface area contributed by atoms with Crippen LogP contribution in [0.4, 0.5) is 5.69 Å². The van der Waals surface area contributed by atoms with E-state index in [1.54, 1.807) is 32.4 Å². The van der Waals surface area contributed by atoms with Crippen LogP contribution < -0.4 is 20.1 Å². The Morgan fingerprint density at radius 2 is 2.14 bits per heavy atom. The Morgan fingerprint density at radius 3 is 2.81 bits per heavy atom. The second kappa shape index (κ2) is 7.85. The summed E-state index contributed by atoms with van der Waals surface area (Å²) in [5.74, 6) is 1.12. The summed E-state index contributed by atoms with van der Waals surface area (Å²) < 4.78 is 15.8. The molecule has 1 aromatic rings. The molecule has 0 spiro atoms. The Hall–Kier alpha value is -1.79. The molecule has 1 heterocycles. The van der Waals surface area contributed by atoms with Crippen molar-refractivity contribution in [3.63, 3.8) is 0 Å². The zero-order valence-electron chi connectivity index (χ0n) is 12.5. The number of amides is 1. The third-order valence-corrected chi connectivity index (χ3v) is 3.35.